The number of carbonyl (C=O) groups excluding carboxylic acids is 1. The SMILES string of the molecule is N#Cc1ncoc1C(=O)N1CCc2[nH]cnc2[C@H]1c1cc2ccc(Cl)cn2n1. The molecular weight excluding hydrogens is 382 g/mol. The second kappa shape index (κ2) is 6.21. The van der Waals surface area contributed by atoms with Crippen molar-refractivity contribution in [1.29, 1.82) is 5.26 Å². The molecule has 0 aliphatic carbocycles. The van der Waals surface area contributed by atoms with Crippen LogP contribution in [0, 0.1) is 11.3 Å². The molecule has 0 unspecified atom stereocenters. The van der Waals surface area contributed by atoms with Gasteiger partial charge in [0.15, 0.2) is 12.1 Å². The molecule has 0 radical (unpaired) electrons. The lowest BCUT2D eigenvalue weighted by atomic mass is 9.99. The lowest BCUT2D eigenvalue weighted by Crippen LogP contribution is -2.41. The van der Waals surface area contributed by atoms with Gasteiger partial charge < -0.3 is 14.3 Å². The fraction of sp³-hybridized carbons (Fsp3) is 0.167. The van der Waals surface area contributed by atoms with Gasteiger partial charge in [-0.2, -0.15) is 10.4 Å². The minimum absolute atomic E-state index is 0.0432. The average Bonchev–Trinajstić information content (AvgIpc) is 3.43. The van der Waals surface area contributed by atoms with Crippen molar-refractivity contribution in [2.24, 2.45) is 0 Å². The van der Waals surface area contributed by atoms with E-state index in [1.807, 2.05) is 18.2 Å². The smallest absolute Gasteiger partial charge is 0.293 e. The van der Waals surface area contributed by atoms with E-state index in [-0.39, 0.29) is 11.5 Å². The maximum Gasteiger partial charge on any atom is 0.293 e. The summed E-state index contributed by atoms with van der Waals surface area (Å²) in [5, 5.41) is 14.4. The summed E-state index contributed by atoms with van der Waals surface area (Å²) in [6.07, 6.45) is 5.00. The molecule has 0 spiro atoms. The highest BCUT2D eigenvalue weighted by molar-refractivity contribution is 6.30. The zero-order chi connectivity index (χ0) is 19.3. The van der Waals surface area contributed by atoms with Crippen LogP contribution in [0.3, 0.4) is 0 Å². The van der Waals surface area contributed by atoms with E-state index >= 15 is 0 Å². The molecule has 0 saturated heterocycles. The fourth-order valence-corrected chi connectivity index (χ4v) is 3.67. The number of nitrogens with one attached hydrogen (secondary N) is 1. The number of aromatic amines is 1. The number of carbonyl (C=O) groups is 1. The summed E-state index contributed by atoms with van der Waals surface area (Å²) < 4.78 is 6.87. The Morgan fingerprint density at radius 3 is 3.14 bits per heavy atom. The third kappa shape index (κ3) is 2.46. The fourth-order valence-electron chi connectivity index (χ4n) is 3.52. The van der Waals surface area contributed by atoms with Crippen molar-refractivity contribution in [2.75, 3.05) is 6.54 Å². The van der Waals surface area contributed by atoms with Gasteiger partial charge in [0.25, 0.3) is 5.91 Å². The molecule has 9 nitrogen and oxygen atoms in total. The van der Waals surface area contributed by atoms with Gasteiger partial charge in [0.1, 0.15) is 12.1 Å². The molecule has 28 heavy (non-hydrogen) atoms. The van der Waals surface area contributed by atoms with Crippen LogP contribution in [0.15, 0.2) is 41.5 Å². The van der Waals surface area contributed by atoms with Crippen molar-refractivity contribution in [2.45, 2.75) is 12.5 Å². The molecule has 4 aromatic rings. The second-order valence-electron chi connectivity index (χ2n) is 6.35. The largest absolute Gasteiger partial charge is 0.437 e. The van der Waals surface area contributed by atoms with E-state index in [9.17, 15) is 10.1 Å². The zero-order valence-corrected chi connectivity index (χ0v) is 15.1. The van der Waals surface area contributed by atoms with Gasteiger partial charge in [-0.15, -0.1) is 0 Å². The Balaban J connectivity index is 1.64. The van der Waals surface area contributed by atoms with Crippen molar-refractivity contribution in [3.63, 3.8) is 0 Å². The van der Waals surface area contributed by atoms with Crippen LogP contribution in [0.4, 0.5) is 0 Å². The summed E-state index contributed by atoms with van der Waals surface area (Å²) in [5.74, 6) is -0.513. The molecule has 1 amide bonds. The van der Waals surface area contributed by atoms with Crippen LogP contribution in [-0.2, 0) is 6.42 Å². The van der Waals surface area contributed by atoms with Crippen molar-refractivity contribution < 1.29 is 9.21 Å². The number of nitriles is 1. The molecule has 0 fully saturated rings. The highest BCUT2D eigenvalue weighted by Crippen LogP contribution is 2.34. The summed E-state index contributed by atoms with van der Waals surface area (Å²) in [7, 11) is 0. The van der Waals surface area contributed by atoms with Gasteiger partial charge in [-0.1, -0.05) is 11.6 Å². The molecular formula is C18H12ClN7O2. The first-order valence-electron chi connectivity index (χ1n) is 8.47. The van der Waals surface area contributed by atoms with Crippen molar-refractivity contribution in [3.05, 3.63) is 70.7 Å². The van der Waals surface area contributed by atoms with Crippen LogP contribution in [0.2, 0.25) is 5.02 Å². The summed E-state index contributed by atoms with van der Waals surface area (Å²) >= 11 is 6.06. The Morgan fingerprint density at radius 2 is 2.29 bits per heavy atom. The second-order valence-corrected chi connectivity index (χ2v) is 6.78. The predicted octanol–water partition coefficient (Wildman–Crippen LogP) is 2.36. The van der Waals surface area contributed by atoms with Gasteiger partial charge in [-0.25, -0.2) is 14.5 Å². The third-order valence-corrected chi connectivity index (χ3v) is 5.00. The maximum absolute atomic E-state index is 13.2. The van der Waals surface area contributed by atoms with Crippen LogP contribution in [-0.4, -0.2) is 41.9 Å². The van der Waals surface area contributed by atoms with Crippen molar-refractivity contribution in [3.8, 4) is 6.07 Å². The van der Waals surface area contributed by atoms with Crippen LogP contribution >= 0.6 is 11.6 Å². The summed E-state index contributed by atoms with van der Waals surface area (Å²) in [5.41, 5.74) is 3.10. The Labute approximate surface area is 163 Å². The van der Waals surface area contributed by atoms with E-state index < -0.39 is 11.9 Å². The molecule has 10 heteroatoms. The number of nitrogens with zero attached hydrogens (tertiary/aromatic N) is 6. The quantitative estimate of drug-likeness (QED) is 0.558. The molecule has 5 heterocycles. The Hall–Kier alpha value is -3.64. The van der Waals surface area contributed by atoms with E-state index in [1.54, 1.807) is 28.0 Å². The molecule has 138 valence electrons. The van der Waals surface area contributed by atoms with E-state index in [4.69, 9.17) is 16.0 Å². The summed E-state index contributed by atoms with van der Waals surface area (Å²) in [4.78, 5) is 26.1. The number of hydrogen-bond acceptors (Lipinski definition) is 6. The Kier molecular flexibility index (Phi) is 3.67. The van der Waals surface area contributed by atoms with Crippen molar-refractivity contribution in [1.82, 2.24) is 29.5 Å². The van der Waals surface area contributed by atoms with Crippen LogP contribution in [0.5, 0.6) is 0 Å². The average molecular weight is 394 g/mol. The highest BCUT2D eigenvalue weighted by atomic mass is 35.5. The zero-order valence-electron chi connectivity index (χ0n) is 14.3. The lowest BCUT2D eigenvalue weighted by Gasteiger charge is -2.33. The maximum atomic E-state index is 13.2. The minimum atomic E-state index is -0.530. The number of hydrogen-bond donors (Lipinski definition) is 1. The summed E-state index contributed by atoms with van der Waals surface area (Å²) in [6, 6.07) is 6.87. The molecule has 1 aliphatic heterocycles. The number of amides is 1. The predicted molar refractivity (Wildman–Crippen MR) is 96.6 cm³/mol. The Bertz CT molecular complexity index is 1250. The number of oxazole rings is 1. The molecule has 1 atom stereocenters. The van der Waals surface area contributed by atoms with Gasteiger partial charge >= 0.3 is 0 Å². The first-order valence-corrected chi connectivity index (χ1v) is 8.85. The minimum Gasteiger partial charge on any atom is -0.437 e. The standard InChI is InChI=1S/C18H12ClN7O2/c19-10-1-2-11-5-13(24-26(11)7-10)16-15-12(21-8-22-15)3-4-25(16)18(27)17-14(6-20)23-9-28-17/h1-2,5,7-9,16H,3-4H2,(H,21,22)/t16-/m1/s1. The number of halogens is 1. The summed E-state index contributed by atoms with van der Waals surface area (Å²) in [6.45, 7) is 0.416. The monoisotopic (exact) mass is 393 g/mol. The number of aromatic nitrogens is 5. The molecule has 0 aromatic carbocycles. The molecule has 1 aliphatic rings. The number of rotatable bonds is 2. The number of H-pyrrole nitrogens is 1. The third-order valence-electron chi connectivity index (χ3n) is 4.78. The van der Waals surface area contributed by atoms with Gasteiger partial charge in [0, 0.05) is 24.9 Å². The molecule has 5 rings (SSSR count). The van der Waals surface area contributed by atoms with Crippen LogP contribution in [0.25, 0.3) is 5.52 Å². The van der Waals surface area contributed by atoms with Gasteiger partial charge in [-0.3, -0.25) is 4.79 Å². The Morgan fingerprint density at radius 1 is 1.39 bits per heavy atom. The van der Waals surface area contributed by atoms with Crippen LogP contribution < -0.4 is 0 Å². The molecule has 0 bridgehead atoms. The van der Waals surface area contributed by atoms with Crippen molar-refractivity contribution >= 4 is 23.0 Å². The molecule has 1 N–H and O–H groups in total. The van der Waals surface area contributed by atoms with E-state index in [0.29, 0.717) is 29.4 Å². The molecule has 0 saturated carbocycles. The first kappa shape index (κ1) is 16.5. The highest BCUT2D eigenvalue weighted by Gasteiger charge is 2.38. The topological polar surface area (TPSA) is 116 Å². The number of imidazole rings is 1. The lowest BCUT2D eigenvalue weighted by molar-refractivity contribution is 0.0654. The van der Waals surface area contributed by atoms with Gasteiger partial charge in [-0.05, 0) is 18.2 Å². The van der Waals surface area contributed by atoms with Gasteiger partial charge in [0.2, 0.25) is 5.76 Å². The van der Waals surface area contributed by atoms with E-state index in [0.717, 1.165) is 17.6 Å². The first-order chi connectivity index (χ1) is 13.7. The number of fused-ring (bicyclic) bond motifs is 2. The van der Waals surface area contributed by atoms with Crippen LogP contribution in [0.1, 0.15) is 39.4 Å². The van der Waals surface area contributed by atoms with Gasteiger partial charge in [0.05, 0.1) is 28.3 Å². The van der Waals surface area contributed by atoms with E-state index in [2.05, 4.69) is 20.1 Å². The molecule has 4 aromatic heterocycles. The normalized spacial score (nSPS) is 16.1. The van der Waals surface area contributed by atoms with E-state index in [1.165, 1.54) is 0 Å². The number of pyridine rings is 1.